The fraction of sp³-hybridized carbons (Fsp3) is 0.300. The van der Waals surface area contributed by atoms with Crippen LogP contribution in [0.2, 0.25) is 0 Å². The Hall–Kier alpha value is -2.93. The van der Waals surface area contributed by atoms with E-state index in [9.17, 15) is 14.0 Å². The van der Waals surface area contributed by atoms with Gasteiger partial charge >= 0.3 is 0 Å². The minimum Gasteiger partial charge on any atom is -0.457 e. The van der Waals surface area contributed by atoms with Crippen LogP contribution in [0.3, 0.4) is 0 Å². The summed E-state index contributed by atoms with van der Waals surface area (Å²) in [6.07, 6.45) is 1.42. The lowest BCUT2D eigenvalue weighted by molar-refractivity contribution is -0.139. The lowest BCUT2D eigenvalue weighted by Crippen LogP contribution is -2.44. The van der Waals surface area contributed by atoms with E-state index in [1.165, 1.54) is 31.4 Å². The van der Waals surface area contributed by atoms with Crippen molar-refractivity contribution < 1.29 is 23.5 Å². The summed E-state index contributed by atoms with van der Waals surface area (Å²) >= 11 is 0. The van der Waals surface area contributed by atoms with Crippen LogP contribution in [0.5, 0.6) is 11.5 Å². The van der Waals surface area contributed by atoms with E-state index >= 15 is 0 Å². The summed E-state index contributed by atoms with van der Waals surface area (Å²) in [7, 11) is 1.46. The number of nitrogens with zero attached hydrogens (tertiary/aromatic N) is 1. The quantitative estimate of drug-likeness (QED) is 0.846. The average Bonchev–Trinajstić information content (AvgIpc) is 3.15. The zero-order valence-electron chi connectivity index (χ0n) is 15.0. The van der Waals surface area contributed by atoms with E-state index in [1.54, 1.807) is 29.2 Å². The van der Waals surface area contributed by atoms with Crippen LogP contribution in [-0.4, -0.2) is 43.0 Å². The molecule has 0 aromatic heterocycles. The molecule has 2 amide bonds. The molecule has 6 nitrogen and oxygen atoms in total. The summed E-state index contributed by atoms with van der Waals surface area (Å²) in [4.78, 5) is 26.1. The third kappa shape index (κ3) is 4.83. The number of halogens is 1. The topological polar surface area (TPSA) is 67.9 Å². The molecule has 1 saturated heterocycles. The number of hydrogen-bond acceptors (Lipinski definition) is 4. The number of anilines is 1. The number of hydrogen-bond donors (Lipinski definition) is 1. The Morgan fingerprint density at radius 1 is 1.11 bits per heavy atom. The van der Waals surface area contributed by atoms with Crippen LogP contribution < -0.4 is 10.1 Å². The van der Waals surface area contributed by atoms with Crippen LogP contribution in [0.1, 0.15) is 12.8 Å². The van der Waals surface area contributed by atoms with E-state index in [-0.39, 0.29) is 24.2 Å². The Balaban J connectivity index is 1.59. The Labute approximate surface area is 156 Å². The van der Waals surface area contributed by atoms with Gasteiger partial charge in [0.15, 0.2) is 0 Å². The maximum atomic E-state index is 12.9. The molecule has 7 heteroatoms. The summed E-state index contributed by atoms with van der Waals surface area (Å²) < 4.78 is 23.4. The van der Waals surface area contributed by atoms with E-state index in [2.05, 4.69) is 5.32 Å². The Bertz CT molecular complexity index is 793. The molecule has 0 radical (unpaired) electrons. The van der Waals surface area contributed by atoms with Gasteiger partial charge in [-0.2, -0.15) is 0 Å². The van der Waals surface area contributed by atoms with Crippen molar-refractivity contribution >= 4 is 17.5 Å². The highest BCUT2D eigenvalue weighted by Gasteiger charge is 2.33. The van der Waals surface area contributed by atoms with Gasteiger partial charge in [-0.15, -0.1) is 0 Å². The molecule has 0 bridgehead atoms. The second kappa shape index (κ2) is 8.64. The second-order valence-electron chi connectivity index (χ2n) is 6.25. The molecule has 1 atom stereocenters. The molecule has 0 saturated carbocycles. The number of amides is 2. The highest BCUT2D eigenvalue weighted by atomic mass is 19.1. The summed E-state index contributed by atoms with van der Waals surface area (Å²) in [5.41, 5.74) is 0.609. The van der Waals surface area contributed by atoms with Crippen molar-refractivity contribution in [1.82, 2.24) is 4.90 Å². The van der Waals surface area contributed by atoms with E-state index in [0.29, 0.717) is 30.2 Å². The molecule has 142 valence electrons. The number of nitrogens with one attached hydrogen (secondary N) is 1. The summed E-state index contributed by atoms with van der Waals surface area (Å²) in [5.74, 6) is 0.358. The maximum Gasteiger partial charge on any atom is 0.249 e. The van der Waals surface area contributed by atoms with Crippen LogP contribution in [0.4, 0.5) is 10.1 Å². The number of benzene rings is 2. The van der Waals surface area contributed by atoms with Crippen molar-refractivity contribution in [1.29, 1.82) is 0 Å². The van der Waals surface area contributed by atoms with E-state index in [1.807, 2.05) is 0 Å². The molecule has 0 spiro atoms. The Kier molecular flexibility index (Phi) is 6.03. The number of rotatable bonds is 6. The van der Waals surface area contributed by atoms with Gasteiger partial charge in [-0.1, -0.05) is 0 Å². The first kappa shape index (κ1) is 18.8. The number of methoxy groups -OCH3 is 1. The lowest BCUT2D eigenvalue weighted by Gasteiger charge is -2.23. The predicted molar refractivity (Wildman–Crippen MR) is 98.2 cm³/mol. The molecule has 2 aromatic rings. The fourth-order valence-corrected chi connectivity index (χ4v) is 3.01. The van der Waals surface area contributed by atoms with Crippen LogP contribution in [0.25, 0.3) is 0 Å². The van der Waals surface area contributed by atoms with Gasteiger partial charge in [0.2, 0.25) is 11.8 Å². The second-order valence-corrected chi connectivity index (χ2v) is 6.25. The first-order valence-corrected chi connectivity index (χ1v) is 8.69. The molecule has 3 rings (SSSR count). The van der Waals surface area contributed by atoms with Crippen molar-refractivity contribution in [3.8, 4) is 11.5 Å². The third-order valence-electron chi connectivity index (χ3n) is 4.31. The molecule has 1 aliphatic heterocycles. The minimum absolute atomic E-state index is 0.0286. The van der Waals surface area contributed by atoms with Crippen LogP contribution in [0, 0.1) is 5.82 Å². The largest absolute Gasteiger partial charge is 0.457 e. The SMILES string of the molecule is COCC(=O)N1CCCC1C(=O)Nc1ccc(Oc2ccc(F)cc2)cc1. The third-order valence-corrected chi connectivity index (χ3v) is 4.31. The number of carbonyl (C=O) groups is 2. The molecule has 0 aliphatic carbocycles. The van der Waals surface area contributed by atoms with Crippen molar-refractivity contribution in [3.05, 3.63) is 54.3 Å². The summed E-state index contributed by atoms with van der Waals surface area (Å²) in [6, 6.07) is 12.1. The van der Waals surface area contributed by atoms with E-state index in [4.69, 9.17) is 9.47 Å². The zero-order chi connectivity index (χ0) is 19.2. The molecule has 2 aromatic carbocycles. The predicted octanol–water partition coefficient (Wildman–Crippen LogP) is 3.19. The van der Waals surface area contributed by atoms with Gasteiger partial charge in [-0.25, -0.2) is 4.39 Å². The van der Waals surface area contributed by atoms with E-state index < -0.39 is 6.04 Å². The van der Waals surface area contributed by atoms with Gasteiger partial charge in [0.1, 0.15) is 30.0 Å². The van der Waals surface area contributed by atoms with Gasteiger partial charge in [-0.3, -0.25) is 9.59 Å². The van der Waals surface area contributed by atoms with Gasteiger partial charge in [0.25, 0.3) is 0 Å². The molecule has 1 aliphatic rings. The molecule has 27 heavy (non-hydrogen) atoms. The van der Waals surface area contributed by atoms with Crippen molar-refractivity contribution in [2.75, 3.05) is 25.6 Å². The summed E-state index contributed by atoms with van der Waals surface area (Å²) in [6.45, 7) is 0.532. The maximum absolute atomic E-state index is 12.9. The van der Waals surface area contributed by atoms with Crippen LogP contribution in [0.15, 0.2) is 48.5 Å². The van der Waals surface area contributed by atoms with Gasteiger partial charge in [0, 0.05) is 19.3 Å². The number of ether oxygens (including phenoxy) is 2. The molecule has 1 heterocycles. The first-order chi connectivity index (χ1) is 13.1. The number of likely N-dealkylation sites (tertiary alicyclic amines) is 1. The Morgan fingerprint density at radius 2 is 1.74 bits per heavy atom. The first-order valence-electron chi connectivity index (χ1n) is 8.69. The van der Waals surface area contributed by atoms with Crippen LogP contribution in [-0.2, 0) is 14.3 Å². The summed E-state index contributed by atoms with van der Waals surface area (Å²) in [5, 5.41) is 2.83. The standard InChI is InChI=1S/C20H21FN2O4/c1-26-13-19(24)23-12-2-3-18(23)20(25)22-15-6-10-17(11-7-15)27-16-8-4-14(21)5-9-16/h4-11,18H,2-3,12-13H2,1H3,(H,22,25). The monoisotopic (exact) mass is 372 g/mol. The molecular formula is C20H21FN2O4. The zero-order valence-corrected chi connectivity index (χ0v) is 15.0. The molecule has 1 fully saturated rings. The minimum atomic E-state index is -0.484. The highest BCUT2D eigenvalue weighted by Crippen LogP contribution is 2.24. The normalized spacial score (nSPS) is 16.2. The van der Waals surface area contributed by atoms with Crippen molar-refractivity contribution in [2.45, 2.75) is 18.9 Å². The van der Waals surface area contributed by atoms with Gasteiger partial charge in [-0.05, 0) is 61.4 Å². The van der Waals surface area contributed by atoms with Crippen LogP contribution >= 0.6 is 0 Å². The highest BCUT2D eigenvalue weighted by molar-refractivity contribution is 5.97. The lowest BCUT2D eigenvalue weighted by atomic mass is 10.2. The van der Waals surface area contributed by atoms with E-state index in [0.717, 1.165) is 6.42 Å². The van der Waals surface area contributed by atoms with Gasteiger partial charge < -0.3 is 19.7 Å². The Morgan fingerprint density at radius 3 is 2.37 bits per heavy atom. The molecule has 1 unspecified atom stereocenters. The van der Waals surface area contributed by atoms with Crippen molar-refractivity contribution in [3.63, 3.8) is 0 Å². The average molecular weight is 372 g/mol. The van der Waals surface area contributed by atoms with Crippen molar-refractivity contribution in [2.24, 2.45) is 0 Å². The molecular weight excluding hydrogens is 351 g/mol. The molecule has 1 N–H and O–H groups in total. The fourth-order valence-electron chi connectivity index (χ4n) is 3.01. The smallest absolute Gasteiger partial charge is 0.249 e. The number of carbonyl (C=O) groups excluding carboxylic acids is 2. The van der Waals surface area contributed by atoms with Gasteiger partial charge in [0.05, 0.1) is 0 Å².